The molecule has 0 unspecified atom stereocenters. The molecular formula is C24H46O3. The van der Waals surface area contributed by atoms with Crippen LogP contribution in [0.3, 0.4) is 0 Å². The fraction of sp³-hybridized carbons (Fsp3) is 0.875. The molecule has 0 fully saturated rings. The van der Waals surface area contributed by atoms with Gasteiger partial charge in [0.05, 0.1) is 19.3 Å². The maximum Gasteiger partial charge on any atom is 0.305 e. The van der Waals surface area contributed by atoms with E-state index in [1.807, 2.05) is 13.8 Å². The molecular weight excluding hydrogens is 336 g/mol. The molecule has 3 heteroatoms. The number of carbonyl (C=O) groups excluding carboxylic acids is 1. The summed E-state index contributed by atoms with van der Waals surface area (Å²) < 4.78 is 10.6. The molecule has 0 aromatic carbocycles. The molecule has 0 heterocycles. The van der Waals surface area contributed by atoms with E-state index in [-0.39, 0.29) is 12.1 Å². The molecule has 0 N–H and O–H groups in total. The Morgan fingerprint density at radius 3 is 1.96 bits per heavy atom. The highest BCUT2D eigenvalue weighted by atomic mass is 16.5. The lowest BCUT2D eigenvalue weighted by molar-refractivity contribution is -0.144. The molecule has 3 nitrogen and oxygen atoms in total. The first-order valence-corrected chi connectivity index (χ1v) is 11.4. The molecule has 0 bridgehead atoms. The fourth-order valence-electron chi connectivity index (χ4n) is 2.93. The number of allylic oxidation sites excluding steroid dienone is 2. The Kier molecular flexibility index (Phi) is 19.3. The maximum absolute atomic E-state index is 11.6. The van der Waals surface area contributed by atoms with Gasteiger partial charge in [-0.25, -0.2) is 0 Å². The third-order valence-corrected chi connectivity index (χ3v) is 4.57. The van der Waals surface area contributed by atoms with Crippen LogP contribution in [-0.4, -0.2) is 25.3 Å². The van der Waals surface area contributed by atoms with Gasteiger partial charge in [0.25, 0.3) is 0 Å². The monoisotopic (exact) mass is 382 g/mol. The fourth-order valence-corrected chi connectivity index (χ4v) is 2.93. The van der Waals surface area contributed by atoms with Gasteiger partial charge in [-0.15, -0.1) is 0 Å². The number of esters is 1. The van der Waals surface area contributed by atoms with Gasteiger partial charge in [0, 0.05) is 12.8 Å². The Labute approximate surface area is 169 Å². The van der Waals surface area contributed by atoms with E-state index in [0.29, 0.717) is 19.6 Å². The molecule has 0 aromatic rings. The second kappa shape index (κ2) is 19.9. The first-order valence-electron chi connectivity index (χ1n) is 11.4. The van der Waals surface area contributed by atoms with E-state index in [0.717, 1.165) is 31.6 Å². The van der Waals surface area contributed by atoms with E-state index >= 15 is 0 Å². The summed E-state index contributed by atoms with van der Waals surface area (Å²) in [6.45, 7) is 9.78. The van der Waals surface area contributed by atoms with Crippen LogP contribution in [0.1, 0.15) is 111 Å². The van der Waals surface area contributed by atoms with Crippen LogP contribution in [0.4, 0.5) is 0 Å². The van der Waals surface area contributed by atoms with Crippen LogP contribution in [0.2, 0.25) is 0 Å². The largest absolute Gasteiger partial charge is 0.466 e. The molecule has 0 rings (SSSR count). The van der Waals surface area contributed by atoms with Crippen LogP contribution < -0.4 is 0 Å². The van der Waals surface area contributed by atoms with Gasteiger partial charge in [-0.05, 0) is 51.9 Å². The lowest BCUT2D eigenvalue weighted by Crippen LogP contribution is -2.10. The number of hydrogen-bond donors (Lipinski definition) is 0. The third-order valence-electron chi connectivity index (χ3n) is 4.57. The average Bonchev–Trinajstić information content (AvgIpc) is 2.61. The van der Waals surface area contributed by atoms with Crippen LogP contribution in [0.25, 0.3) is 0 Å². The van der Waals surface area contributed by atoms with Gasteiger partial charge in [0.1, 0.15) is 0 Å². The zero-order valence-electron chi connectivity index (χ0n) is 18.6. The molecule has 0 aromatic heterocycles. The number of carbonyl (C=O) groups is 1. The second-order valence-electron chi connectivity index (χ2n) is 8.30. The topological polar surface area (TPSA) is 35.5 Å². The van der Waals surface area contributed by atoms with Gasteiger partial charge in [-0.2, -0.15) is 0 Å². The highest BCUT2D eigenvalue weighted by molar-refractivity contribution is 5.69. The predicted molar refractivity (Wildman–Crippen MR) is 116 cm³/mol. The summed E-state index contributed by atoms with van der Waals surface area (Å²) in [6, 6.07) is 0. The molecule has 0 saturated carbocycles. The van der Waals surface area contributed by atoms with Crippen molar-refractivity contribution in [2.45, 2.75) is 117 Å². The van der Waals surface area contributed by atoms with Crippen LogP contribution in [0.15, 0.2) is 12.2 Å². The molecule has 160 valence electrons. The molecule has 0 aliphatic heterocycles. The molecule has 0 radical (unpaired) electrons. The first kappa shape index (κ1) is 26.2. The summed E-state index contributed by atoms with van der Waals surface area (Å²) in [5.74, 6) is 0.789. The Hall–Kier alpha value is -0.830. The quantitative estimate of drug-likeness (QED) is 0.134. The van der Waals surface area contributed by atoms with Crippen molar-refractivity contribution in [3.63, 3.8) is 0 Å². The summed E-state index contributed by atoms with van der Waals surface area (Å²) in [4.78, 5) is 11.6. The highest BCUT2D eigenvalue weighted by Gasteiger charge is 2.02. The molecule has 27 heavy (non-hydrogen) atoms. The Morgan fingerprint density at radius 2 is 1.33 bits per heavy atom. The number of hydrogen-bond acceptors (Lipinski definition) is 3. The van der Waals surface area contributed by atoms with Crippen molar-refractivity contribution >= 4 is 5.97 Å². The Balaban J connectivity index is 3.24. The van der Waals surface area contributed by atoms with Gasteiger partial charge in [0.2, 0.25) is 0 Å². The van der Waals surface area contributed by atoms with E-state index in [2.05, 4.69) is 26.0 Å². The van der Waals surface area contributed by atoms with E-state index in [1.165, 1.54) is 51.4 Å². The lowest BCUT2D eigenvalue weighted by atomic mass is 10.0. The zero-order chi connectivity index (χ0) is 20.2. The maximum atomic E-state index is 11.6. The van der Waals surface area contributed by atoms with Crippen molar-refractivity contribution < 1.29 is 14.3 Å². The van der Waals surface area contributed by atoms with Crippen molar-refractivity contribution in [2.75, 3.05) is 13.2 Å². The van der Waals surface area contributed by atoms with Gasteiger partial charge in [0.15, 0.2) is 0 Å². The summed E-state index contributed by atoms with van der Waals surface area (Å²) in [5.41, 5.74) is 0. The molecule has 0 aliphatic rings. The summed E-state index contributed by atoms with van der Waals surface area (Å²) in [7, 11) is 0. The summed E-state index contributed by atoms with van der Waals surface area (Å²) in [5, 5.41) is 0. The van der Waals surface area contributed by atoms with Crippen LogP contribution >= 0.6 is 0 Å². The van der Waals surface area contributed by atoms with Crippen molar-refractivity contribution in [3.05, 3.63) is 12.2 Å². The van der Waals surface area contributed by atoms with E-state index in [9.17, 15) is 4.79 Å². The van der Waals surface area contributed by atoms with Gasteiger partial charge < -0.3 is 9.47 Å². The summed E-state index contributed by atoms with van der Waals surface area (Å²) in [6.07, 6.45) is 20.0. The normalized spacial score (nSPS) is 11.8. The molecule has 0 atom stereocenters. The predicted octanol–water partition coefficient (Wildman–Crippen LogP) is 7.24. The van der Waals surface area contributed by atoms with E-state index < -0.39 is 0 Å². The van der Waals surface area contributed by atoms with Crippen molar-refractivity contribution in [1.82, 2.24) is 0 Å². The van der Waals surface area contributed by atoms with Gasteiger partial charge in [-0.3, -0.25) is 4.79 Å². The smallest absolute Gasteiger partial charge is 0.305 e. The van der Waals surface area contributed by atoms with Crippen LogP contribution in [0.5, 0.6) is 0 Å². The van der Waals surface area contributed by atoms with Crippen LogP contribution in [-0.2, 0) is 14.3 Å². The number of ether oxygens (including phenoxy) is 2. The third kappa shape index (κ3) is 23.1. The minimum Gasteiger partial charge on any atom is -0.466 e. The van der Waals surface area contributed by atoms with Crippen LogP contribution in [0, 0.1) is 5.92 Å². The number of unbranched alkanes of at least 4 members (excludes halogenated alkanes) is 8. The second-order valence-corrected chi connectivity index (χ2v) is 8.30. The van der Waals surface area contributed by atoms with Crippen molar-refractivity contribution in [2.24, 2.45) is 5.92 Å². The van der Waals surface area contributed by atoms with Gasteiger partial charge in [-0.1, -0.05) is 64.5 Å². The Morgan fingerprint density at radius 1 is 0.741 bits per heavy atom. The lowest BCUT2D eigenvalue weighted by Gasteiger charge is -2.07. The highest BCUT2D eigenvalue weighted by Crippen LogP contribution is 2.12. The van der Waals surface area contributed by atoms with E-state index in [4.69, 9.17) is 9.47 Å². The molecule has 0 aliphatic carbocycles. The Bertz CT molecular complexity index is 348. The molecule has 0 amide bonds. The first-order chi connectivity index (χ1) is 13.0. The number of rotatable bonds is 19. The van der Waals surface area contributed by atoms with E-state index in [1.54, 1.807) is 0 Å². The van der Waals surface area contributed by atoms with Crippen molar-refractivity contribution in [1.29, 1.82) is 0 Å². The SMILES string of the molecule is CC(C)CCCCCCCC=CCCCCCC(=O)OCCCOC(C)C. The van der Waals surface area contributed by atoms with Gasteiger partial charge >= 0.3 is 5.97 Å². The minimum atomic E-state index is -0.0662. The summed E-state index contributed by atoms with van der Waals surface area (Å²) >= 11 is 0. The minimum absolute atomic E-state index is 0.0662. The molecule has 0 spiro atoms. The average molecular weight is 383 g/mol. The standard InChI is InChI=1S/C24H46O3/c1-22(2)18-15-13-11-9-7-5-6-8-10-12-14-16-19-24(25)27-21-17-20-26-23(3)4/h6,8,22-23H,5,7,9-21H2,1-4H3. The zero-order valence-corrected chi connectivity index (χ0v) is 18.6. The van der Waals surface area contributed by atoms with Crippen molar-refractivity contribution in [3.8, 4) is 0 Å². The molecule has 0 saturated heterocycles.